The number of sulfonamides is 1. The maximum atomic E-state index is 12.1. The van der Waals surface area contributed by atoms with E-state index in [1.165, 1.54) is 25.3 Å². The van der Waals surface area contributed by atoms with Crippen molar-refractivity contribution in [2.75, 3.05) is 7.11 Å². The van der Waals surface area contributed by atoms with Gasteiger partial charge in [-0.15, -0.1) is 16.2 Å². The summed E-state index contributed by atoms with van der Waals surface area (Å²) >= 11 is 1.05. The summed E-state index contributed by atoms with van der Waals surface area (Å²) in [6, 6.07) is 7.66. The third-order valence-electron chi connectivity index (χ3n) is 2.85. The van der Waals surface area contributed by atoms with Gasteiger partial charge in [-0.1, -0.05) is 6.07 Å². The van der Waals surface area contributed by atoms with Gasteiger partial charge in [-0.05, 0) is 43.5 Å². The molecule has 0 saturated heterocycles. The number of ether oxygens (including phenoxy) is 2. The van der Waals surface area contributed by atoms with Crippen LogP contribution in [-0.2, 0) is 10.0 Å². The van der Waals surface area contributed by atoms with E-state index < -0.39 is 15.9 Å². The molecule has 0 saturated carbocycles. The monoisotopic (exact) mass is 370 g/mol. The van der Waals surface area contributed by atoms with Crippen molar-refractivity contribution in [2.24, 2.45) is 0 Å². The number of benzene rings is 1. The number of hydrazine groups is 1. The number of carbonyl (C=O) groups excluding carboxylic acids is 1. The fourth-order valence-electron chi connectivity index (χ4n) is 1.81. The lowest BCUT2D eigenvalue weighted by atomic mass is 10.2. The number of hydrogen-bond donors (Lipinski definition) is 2. The second kappa shape index (κ2) is 7.65. The topological polar surface area (TPSA) is 93.7 Å². The van der Waals surface area contributed by atoms with E-state index in [4.69, 9.17) is 9.47 Å². The molecule has 24 heavy (non-hydrogen) atoms. The highest BCUT2D eigenvalue weighted by molar-refractivity contribution is 7.91. The Morgan fingerprint density at radius 2 is 1.96 bits per heavy atom. The molecule has 0 bridgehead atoms. The minimum Gasteiger partial charge on any atom is -0.493 e. The summed E-state index contributed by atoms with van der Waals surface area (Å²) in [6.45, 7) is 3.75. The van der Waals surface area contributed by atoms with Crippen LogP contribution in [0, 0.1) is 0 Å². The van der Waals surface area contributed by atoms with E-state index in [0.717, 1.165) is 11.3 Å². The van der Waals surface area contributed by atoms with Gasteiger partial charge in [-0.2, -0.15) is 0 Å². The van der Waals surface area contributed by atoms with Crippen LogP contribution in [0.3, 0.4) is 0 Å². The molecule has 1 amide bonds. The number of hydrogen-bond acceptors (Lipinski definition) is 6. The fraction of sp³-hybridized carbons (Fsp3) is 0.267. The number of carbonyl (C=O) groups is 1. The van der Waals surface area contributed by atoms with Crippen molar-refractivity contribution in [3.63, 3.8) is 0 Å². The van der Waals surface area contributed by atoms with Crippen LogP contribution in [0.4, 0.5) is 0 Å². The molecule has 1 heterocycles. The van der Waals surface area contributed by atoms with Gasteiger partial charge in [-0.25, -0.2) is 8.42 Å². The molecule has 130 valence electrons. The first-order valence-electron chi connectivity index (χ1n) is 7.04. The zero-order valence-electron chi connectivity index (χ0n) is 13.4. The molecule has 1 aromatic carbocycles. The van der Waals surface area contributed by atoms with Crippen LogP contribution < -0.4 is 19.7 Å². The number of methoxy groups -OCH3 is 1. The van der Waals surface area contributed by atoms with Crippen LogP contribution in [0.25, 0.3) is 0 Å². The Morgan fingerprint density at radius 3 is 2.54 bits per heavy atom. The highest BCUT2D eigenvalue weighted by Gasteiger charge is 2.17. The molecule has 0 unspecified atom stereocenters. The molecule has 7 nitrogen and oxygen atoms in total. The lowest BCUT2D eigenvalue weighted by Crippen LogP contribution is -2.41. The van der Waals surface area contributed by atoms with Gasteiger partial charge in [0, 0.05) is 5.56 Å². The minimum absolute atomic E-state index is 0.0452. The van der Waals surface area contributed by atoms with Gasteiger partial charge in [-0.3, -0.25) is 10.2 Å². The molecule has 2 aromatic rings. The fourth-order valence-corrected chi connectivity index (χ4v) is 3.64. The average Bonchev–Trinajstić information content (AvgIpc) is 3.08. The van der Waals surface area contributed by atoms with E-state index in [2.05, 4.69) is 10.3 Å². The van der Waals surface area contributed by atoms with Crippen molar-refractivity contribution in [2.45, 2.75) is 24.2 Å². The first kappa shape index (κ1) is 18.2. The molecule has 0 spiro atoms. The highest BCUT2D eigenvalue weighted by atomic mass is 32.2. The molecule has 0 aliphatic heterocycles. The maximum absolute atomic E-state index is 12.1. The second-order valence-electron chi connectivity index (χ2n) is 5.02. The highest BCUT2D eigenvalue weighted by Crippen LogP contribution is 2.28. The summed E-state index contributed by atoms with van der Waals surface area (Å²) in [6.07, 6.45) is -0.0452. The number of amides is 1. The SMILES string of the molecule is COc1cc(C(=O)NNS(=O)(=O)c2cccs2)ccc1OC(C)C. The second-order valence-corrected chi connectivity index (χ2v) is 7.88. The van der Waals surface area contributed by atoms with Crippen molar-refractivity contribution in [3.8, 4) is 11.5 Å². The average molecular weight is 370 g/mol. The van der Waals surface area contributed by atoms with Crippen LogP contribution in [0.5, 0.6) is 11.5 Å². The lowest BCUT2D eigenvalue weighted by molar-refractivity contribution is 0.0944. The normalized spacial score (nSPS) is 11.3. The number of thiophene rings is 1. The number of nitrogens with one attached hydrogen (secondary N) is 2. The van der Waals surface area contributed by atoms with Crippen LogP contribution in [0.1, 0.15) is 24.2 Å². The Kier molecular flexibility index (Phi) is 5.81. The molecule has 1 aromatic heterocycles. The third-order valence-corrected chi connectivity index (χ3v) is 5.49. The van der Waals surface area contributed by atoms with E-state index in [1.807, 2.05) is 13.8 Å². The Morgan fingerprint density at radius 1 is 1.21 bits per heavy atom. The summed E-state index contributed by atoms with van der Waals surface area (Å²) < 4.78 is 34.8. The maximum Gasteiger partial charge on any atom is 0.266 e. The summed E-state index contributed by atoms with van der Waals surface area (Å²) in [5, 5.41) is 1.63. The van der Waals surface area contributed by atoms with Crippen LogP contribution in [0.15, 0.2) is 39.9 Å². The van der Waals surface area contributed by atoms with Crippen molar-refractivity contribution in [1.82, 2.24) is 10.3 Å². The molecular weight excluding hydrogens is 352 g/mol. The Hall–Kier alpha value is -2.10. The van der Waals surface area contributed by atoms with Gasteiger partial charge in [0.15, 0.2) is 11.5 Å². The van der Waals surface area contributed by atoms with E-state index in [9.17, 15) is 13.2 Å². The summed E-state index contributed by atoms with van der Waals surface area (Å²) in [7, 11) is -2.32. The van der Waals surface area contributed by atoms with Crippen LogP contribution >= 0.6 is 11.3 Å². The summed E-state index contributed by atoms with van der Waals surface area (Å²) in [4.78, 5) is 14.2. The van der Waals surface area contributed by atoms with Crippen molar-refractivity contribution in [1.29, 1.82) is 0 Å². The van der Waals surface area contributed by atoms with E-state index in [1.54, 1.807) is 17.5 Å². The Balaban J connectivity index is 2.10. The smallest absolute Gasteiger partial charge is 0.266 e. The number of rotatable bonds is 7. The van der Waals surface area contributed by atoms with Gasteiger partial charge in [0.1, 0.15) is 4.21 Å². The first-order chi connectivity index (χ1) is 11.3. The largest absolute Gasteiger partial charge is 0.493 e. The zero-order chi connectivity index (χ0) is 17.7. The molecule has 0 atom stereocenters. The van der Waals surface area contributed by atoms with Crippen LogP contribution in [-0.4, -0.2) is 27.5 Å². The summed E-state index contributed by atoms with van der Waals surface area (Å²) in [5.74, 6) is 0.283. The predicted molar refractivity (Wildman–Crippen MR) is 90.9 cm³/mol. The quantitative estimate of drug-likeness (QED) is 0.729. The minimum atomic E-state index is -3.78. The molecular formula is C15H18N2O5S2. The lowest BCUT2D eigenvalue weighted by Gasteiger charge is -2.14. The van der Waals surface area contributed by atoms with Gasteiger partial charge in [0.25, 0.3) is 15.9 Å². The Bertz CT molecular complexity index is 801. The van der Waals surface area contributed by atoms with Gasteiger partial charge < -0.3 is 9.47 Å². The van der Waals surface area contributed by atoms with Crippen molar-refractivity contribution < 1.29 is 22.7 Å². The molecule has 2 N–H and O–H groups in total. The van der Waals surface area contributed by atoms with Gasteiger partial charge in [0.05, 0.1) is 13.2 Å². The standard InChI is InChI=1S/C15H18N2O5S2/c1-10(2)22-12-7-6-11(9-13(12)21-3)15(18)16-17-24(19,20)14-5-4-8-23-14/h4-10,17H,1-3H3,(H,16,18). The first-order valence-corrected chi connectivity index (χ1v) is 9.40. The molecule has 0 fully saturated rings. The third kappa shape index (κ3) is 4.47. The summed E-state index contributed by atoms with van der Waals surface area (Å²) in [5.41, 5.74) is 2.41. The Labute approximate surface area is 144 Å². The van der Waals surface area contributed by atoms with E-state index >= 15 is 0 Å². The van der Waals surface area contributed by atoms with Gasteiger partial charge in [0.2, 0.25) is 0 Å². The molecule has 0 radical (unpaired) electrons. The molecule has 0 aliphatic carbocycles. The van der Waals surface area contributed by atoms with Gasteiger partial charge >= 0.3 is 0 Å². The molecule has 2 rings (SSSR count). The van der Waals surface area contributed by atoms with E-state index in [-0.39, 0.29) is 15.9 Å². The van der Waals surface area contributed by atoms with Crippen molar-refractivity contribution >= 4 is 27.3 Å². The van der Waals surface area contributed by atoms with Crippen LogP contribution in [0.2, 0.25) is 0 Å². The molecule has 0 aliphatic rings. The zero-order valence-corrected chi connectivity index (χ0v) is 15.0. The van der Waals surface area contributed by atoms with Crippen molar-refractivity contribution in [3.05, 3.63) is 41.3 Å². The molecule has 9 heteroatoms. The van der Waals surface area contributed by atoms with E-state index in [0.29, 0.717) is 11.5 Å². The predicted octanol–water partition coefficient (Wildman–Crippen LogP) is 2.17.